The molecule has 0 radical (unpaired) electrons. The van der Waals surface area contributed by atoms with E-state index in [2.05, 4.69) is 144 Å². The van der Waals surface area contributed by atoms with Crippen LogP contribution in [0.1, 0.15) is 44.5 Å². The van der Waals surface area contributed by atoms with Gasteiger partial charge in [-0.15, -0.1) is 0 Å². The molecule has 2 unspecified atom stereocenters. The summed E-state index contributed by atoms with van der Waals surface area (Å²) in [5.41, 5.74) is 19.0. The van der Waals surface area contributed by atoms with E-state index in [1.54, 1.807) is 12.2 Å². The van der Waals surface area contributed by atoms with Gasteiger partial charge < -0.3 is 20.8 Å². The second-order valence-electron chi connectivity index (χ2n) is 20.8. The zero-order chi connectivity index (χ0) is 50.5. The standard InChI is InChI=1S/C69H36N4O3/c70-33-35-23-25-43-41-15-5-7-21-53(41)68(55(43)27-35)57-29-49-39-13-3-1-11-37(39)45-17-9-19-47(61(45)49)63(57)72-59(68)31-51-65(74)52(67(76)66(51)75)32-60-69(54-22-8-6-16-42(54)44-26-24-36(34-71)28-56(44)69)58-30-50-40-14-4-2-12-38(40)46-18-10-20-48(62(46)50)64(58)73-60/h1-32,72-74H,(H,75,76)/p-2/b59-31-,60-32-. The van der Waals surface area contributed by atoms with Gasteiger partial charge in [0.2, 0.25) is 0 Å². The lowest BCUT2D eigenvalue weighted by atomic mass is 9.70. The summed E-state index contributed by atoms with van der Waals surface area (Å²) in [6.07, 6.45) is 3.23. The quantitative estimate of drug-likeness (QED) is 0.176. The summed E-state index contributed by atoms with van der Waals surface area (Å²) >= 11 is 0. The molecular weight excluding hydrogens is 933 g/mol. The number of ketones is 1. The highest BCUT2D eigenvalue weighted by molar-refractivity contribution is 6.22. The van der Waals surface area contributed by atoms with Crippen LogP contribution in [0.3, 0.4) is 0 Å². The molecule has 0 saturated heterocycles. The Balaban J connectivity index is 0.917. The number of nitrogens with one attached hydrogen (secondary N) is 2. The summed E-state index contributed by atoms with van der Waals surface area (Å²) < 4.78 is 0. The van der Waals surface area contributed by atoms with Crippen LogP contribution in [0.25, 0.3) is 88.3 Å². The molecule has 10 aromatic carbocycles. The van der Waals surface area contributed by atoms with Crippen LogP contribution in [0, 0.1) is 22.7 Å². The molecule has 17 rings (SSSR count). The van der Waals surface area contributed by atoms with Gasteiger partial charge in [-0.2, -0.15) is 10.5 Å². The van der Waals surface area contributed by atoms with Gasteiger partial charge in [-0.1, -0.05) is 157 Å². The molecule has 2 atom stereocenters. The van der Waals surface area contributed by atoms with E-state index in [0.717, 1.165) is 133 Å². The van der Waals surface area contributed by atoms with Gasteiger partial charge in [-0.05, 0) is 165 Å². The number of hydrogen-bond acceptors (Lipinski definition) is 7. The average molecular weight is 967 g/mol. The number of nitrogens with zero attached hydrogens (tertiary/aromatic N) is 2. The maximum atomic E-state index is 15.6. The summed E-state index contributed by atoms with van der Waals surface area (Å²) in [5, 5.41) is 63.3. The van der Waals surface area contributed by atoms with Gasteiger partial charge in [0.05, 0.1) is 45.5 Å². The van der Waals surface area contributed by atoms with Crippen LogP contribution in [0.2, 0.25) is 0 Å². The van der Waals surface area contributed by atoms with Gasteiger partial charge in [0, 0.05) is 27.7 Å². The van der Waals surface area contributed by atoms with Crippen molar-refractivity contribution in [3.8, 4) is 78.9 Å². The molecule has 2 N–H and O–H groups in total. The maximum absolute atomic E-state index is 15.6. The van der Waals surface area contributed by atoms with Gasteiger partial charge in [0.1, 0.15) is 0 Å². The number of carbonyl (C=O) groups is 1. The first-order chi connectivity index (χ1) is 37.3. The Morgan fingerprint density at radius 2 is 0.776 bits per heavy atom. The molecular formula is C69H34N4O3-2. The molecule has 2 aliphatic heterocycles. The molecule has 2 heterocycles. The fourth-order valence-electron chi connectivity index (χ4n) is 14.7. The second-order valence-corrected chi connectivity index (χ2v) is 20.8. The highest BCUT2D eigenvalue weighted by Gasteiger charge is 2.55. The van der Waals surface area contributed by atoms with Crippen molar-refractivity contribution in [1.29, 1.82) is 10.5 Å². The summed E-state index contributed by atoms with van der Waals surface area (Å²) in [6, 6.07) is 66.5. The lowest BCUT2D eigenvalue weighted by molar-refractivity contribution is -0.308. The number of benzene rings is 10. The molecule has 5 aliphatic carbocycles. The molecule has 7 heteroatoms. The minimum Gasteiger partial charge on any atom is -0.872 e. The zero-order valence-electron chi connectivity index (χ0n) is 40.1. The van der Waals surface area contributed by atoms with Crippen molar-refractivity contribution in [1.82, 2.24) is 0 Å². The molecule has 7 nitrogen and oxygen atoms in total. The Bertz CT molecular complexity index is 4780. The average Bonchev–Trinajstić information content (AvgIpc) is 4.41. The van der Waals surface area contributed by atoms with Gasteiger partial charge in [-0.25, -0.2) is 0 Å². The number of hydrogen-bond donors (Lipinski definition) is 2. The van der Waals surface area contributed by atoms with Crippen LogP contribution in [-0.4, -0.2) is 5.78 Å². The third kappa shape index (κ3) is 4.63. The predicted molar refractivity (Wildman–Crippen MR) is 292 cm³/mol. The second kappa shape index (κ2) is 14.0. The van der Waals surface area contributed by atoms with Crippen LogP contribution >= 0.6 is 0 Å². The van der Waals surface area contributed by atoms with Crippen molar-refractivity contribution in [3.63, 3.8) is 0 Å². The molecule has 7 aliphatic rings. The van der Waals surface area contributed by atoms with Gasteiger partial charge in [0.15, 0.2) is 5.78 Å². The van der Waals surface area contributed by atoms with Crippen molar-refractivity contribution in [2.45, 2.75) is 10.8 Å². The van der Waals surface area contributed by atoms with Crippen LogP contribution in [-0.2, 0) is 15.6 Å². The lowest BCUT2D eigenvalue weighted by Gasteiger charge is -2.31. The van der Waals surface area contributed by atoms with Crippen molar-refractivity contribution in [2.24, 2.45) is 0 Å². The van der Waals surface area contributed by atoms with E-state index in [4.69, 9.17) is 0 Å². The molecule has 0 fully saturated rings. The van der Waals surface area contributed by atoms with Gasteiger partial charge in [0.25, 0.3) is 0 Å². The summed E-state index contributed by atoms with van der Waals surface area (Å²) in [5.74, 6) is -2.48. The minimum atomic E-state index is -1.13. The van der Waals surface area contributed by atoms with Crippen LogP contribution in [0.5, 0.6) is 0 Å². The molecule has 0 saturated carbocycles. The zero-order valence-corrected chi connectivity index (χ0v) is 40.1. The van der Waals surface area contributed by atoms with Crippen LogP contribution < -0.4 is 20.8 Å². The fraction of sp³-hybridized carbons (Fsp3) is 0.0290. The van der Waals surface area contributed by atoms with Crippen molar-refractivity contribution < 1.29 is 15.0 Å². The van der Waals surface area contributed by atoms with E-state index in [-0.39, 0.29) is 11.1 Å². The molecule has 0 aromatic heterocycles. The first-order valence-corrected chi connectivity index (χ1v) is 25.4. The number of Topliss-reactive ketones (excluding diaryl/α,β-unsaturated/α-hetero) is 1. The highest BCUT2D eigenvalue weighted by atomic mass is 16.3. The van der Waals surface area contributed by atoms with Crippen LogP contribution in [0.4, 0.5) is 11.4 Å². The van der Waals surface area contributed by atoms with E-state index in [1.807, 2.05) is 60.7 Å². The Kier molecular flexibility index (Phi) is 7.55. The normalized spacial score (nSPS) is 19.7. The number of carbonyl (C=O) groups excluding carboxylic acids is 1. The molecule has 350 valence electrons. The Morgan fingerprint density at radius 1 is 0.382 bits per heavy atom. The summed E-state index contributed by atoms with van der Waals surface area (Å²) in [7, 11) is 0. The SMILES string of the molecule is N#Cc1ccc2c(c1)C1(/C(=C/C3=C([O-])C(/C=C4\Nc5c(cc6c7c(cccc57)-c5ccccc5-6)C45c4ccccc4-c4ccc(C#N)cc45)=C([O-])C3=O)Nc3c1cc1c4c(cccc34)-c3ccccc3-1)c1ccccc1-2. The number of allylic oxidation sites excluding steroid dienone is 5. The molecule has 0 amide bonds. The molecule has 2 spiro atoms. The lowest BCUT2D eigenvalue weighted by Crippen LogP contribution is -2.28. The van der Waals surface area contributed by atoms with Crippen molar-refractivity contribution >= 4 is 38.7 Å². The topological polar surface area (TPSA) is 135 Å². The number of nitriles is 2. The Morgan fingerprint density at radius 3 is 1.24 bits per heavy atom. The van der Waals surface area contributed by atoms with Gasteiger partial charge in [-0.3, -0.25) is 4.79 Å². The summed E-state index contributed by atoms with van der Waals surface area (Å²) in [6.45, 7) is 0. The monoisotopic (exact) mass is 966 g/mol. The largest absolute Gasteiger partial charge is 0.872 e. The minimum absolute atomic E-state index is 0.247. The van der Waals surface area contributed by atoms with Crippen molar-refractivity contribution in [2.75, 3.05) is 10.6 Å². The molecule has 76 heavy (non-hydrogen) atoms. The Hall–Kier alpha value is -10.5. The first-order valence-electron chi connectivity index (χ1n) is 25.4. The first kappa shape index (κ1) is 41.1. The van der Waals surface area contributed by atoms with E-state index >= 15 is 5.11 Å². The van der Waals surface area contributed by atoms with Gasteiger partial charge >= 0.3 is 0 Å². The van der Waals surface area contributed by atoms with E-state index in [0.29, 0.717) is 22.5 Å². The highest BCUT2D eigenvalue weighted by Crippen LogP contribution is 2.66. The predicted octanol–water partition coefficient (Wildman–Crippen LogP) is 12.8. The fourth-order valence-corrected chi connectivity index (χ4v) is 14.7. The number of fused-ring (bicyclic) bond motifs is 22. The van der Waals surface area contributed by atoms with E-state index in [9.17, 15) is 20.4 Å². The van der Waals surface area contributed by atoms with E-state index < -0.39 is 28.1 Å². The third-order valence-electron chi connectivity index (χ3n) is 17.6. The molecule has 0 bridgehead atoms. The van der Waals surface area contributed by atoms with Crippen LogP contribution in [0.15, 0.2) is 228 Å². The number of rotatable bonds is 2. The maximum Gasteiger partial charge on any atom is 0.178 e. The Labute approximate surface area is 435 Å². The molecule has 10 aromatic rings. The third-order valence-corrected chi connectivity index (χ3v) is 17.6. The van der Waals surface area contributed by atoms with Crippen molar-refractivity contribution in [3.05, 3.63) is 273 Å². The number of anilines is 2. The van der Waals surface area contributed by atoms with E-state index in [1.165, 1.54) is 0 Å². The smallest absolute Gasteiger partial charge is 0.178 e. The summed E-state index contributed by atoms with van der Waals surface area (Å²) in [4.78, 5) is 15.0.